The molecule has 1 aliphatic carbocycles. The summed E-state index contributed by atoms with van der Waals surface area (Å²) in [6.07, 6.45) is 2.46. The lowest BCUT2D eigenvalue weighted by atomic mass is 10.1. The van der Waals surface area contributed by atoms with E-state index in [4.69, 9.17) is 16.1 Å². The van der Waals surface area contributed by atoms with Crippen LogP contribution < -0.4 is 0 Å². The van der Waals surface area contributed by atoms with Gasteiger partial charge < -0.3 is 4.52 Å². The molecule has 0 amide bonds. The molecule has 2 nitrogen and oxygen atoms in total. The molecule has 1 heterocycles. The van der Waals surface area contributed by atoms with Crippen LogP contribution in [0.25, 0.3) is 11.0 Å². The molecular formula is C10H8ClNO. The van der Waals surface area contributed by atoms with E-state index in [9.17, 15) is 0 Å². The molecule has 1 saturated carbocycles. The highest BCUT2D eigenvalue weighted by atomic mass is 35.5. The molecular weight excluding hydrogens is 186 g/mol. The molecule has 1 aromatic carbocycles. The Balaban J connectivity index is 2.32. The van der Waals surface area contributed by atoms with Gasteiger partial charge in [-0.2, -0.15) is 0 Å². The van der Waals surface area contributed by atoms with E-state index in [0.29, 0.717) is 10.9 Å². The third kappa shape index (κ3) is 1.05. The Hall–Kier alpha value is -1.02. The minimum atomic E-state index is 0.611. The van der Waals surface area contributed by atoms with Crippen molar-refractivity contribution in [2.45, 2.75) is 18.8 Å². The number of para-hydroxylation sites is 1. The molecule has 1 aromatic heterocycles. The van der Waals surface area contributed by atoms with Crippen LogP contribution >= 0.6 is 11.6 Å². The maximum atomic E-state index is 5.96. The highest BCUT2D eigenvalue weighted by Gasteiger charge is 2.29. The molecule has 1 fully saturated rings. The Morgan fingerprint density at radius 1 is 1.38 bits per heavy atom. The van der Waals surface area contributed by atoms with Gasteiger partial charge in [-0.3, -0.25) is 0 Å². The van der Waals surface area contributed by atoms with E-state index >= 15 is 0 Å². The molecule has 2 aromatic rings. The van der Waals surface area contributed by atoms with Crippen molar-refractivity contribution >= 4 is 22.6 Å². The van der Waals surface area contributed by atoms with Crippen molar-refractivity contribution in [3.63, 3.8) is 0 Å². The van der Waals surface area contributed by atoms with Crippen molar-refractivity contribution < 1.29 is 4.52 Å². The number of halogens is 1. The average Bonchev–Trinajstić information content (AvgIpc) is 2.87. The van der Waals surface area contributed by atoms with Crippen LogP contribution in [0.3, 0.4) is 0 Å². The smallest absolute Gasteiger partial charge is 0.185 e. The fourth-order valence-corrected chi connectivity index (χ4v) is 1.81. The SMILES string of the molecule is Clc1cccc2c(C3CC3)noc12. The molecule has 0 aliphatic heterocycles. The molecule has 0 unspecified atom stereocenters. The minimum absolute atomic E-state index is 0.611. The Bertz CT molecular complexity index is 459. The van der Waals surface area contributed by atoms with E-state index in [0.717, 1.165) is 16.7 Å². The van der Waals surface area contributed by atoms with Crippen LogP contribution in [0.5, 0.6) is 0 Å². The van der Waals surface area contributed by atoms with Crippen LogP contribution in [-0.2, 0) is 0 Å². The van der Waals surface area contributed by atoms with Crippen molar-refractivity contribution in [3.05, 3.63) is 28.9 Å². The summed E-state index contributed by atoms with van der Waals surface area (Å²) in [6.45, 7) is 0. The van der Waals surface area contributed by atoms with Gasteiger partial charge in [0.15, 0.2) is 5.58 Å². The van der Waals surface area contributed by atoms with E-state index in [1.54, 1.807) is 0 Å². The van der Waals surface area contributed by atoms with Gasteiger partial charge in [0.25, 0.3) is 0 Å². The monoisotopic (exact) mass is 193 g/mol. The van der Waals surface area contributed by atoms with Crippen LogP contribution in [0.15, 0.2) is 22.7 Å². The van der Waals surface area contributed by atoms with Gasteiger partial charge in [0.2, 0.25) is 0 Å². The van der Waals surface area contributed by atoms with Gasteiger partial charge in [-0.25, -0.2) is 0 Å². The molecule has 66 valence electrons. The number of fused-ring (bicyclic) bond motifs is 1. The Morgan fingerprint density at radius 2 is 2.23 bits per heavy atom. The lowest BCUT2D eigenvalue weighted by Crippen LogP contribution is -1.77. The zero-order chi connectivity index (χ0) is 8.84. The van der Waals surface area contributed by atoms with Crippen LogP contribution in [0.1, 0.15) is 24.5 Å². The maximum Gasteiger partial charge on any atom is 0.185 e. The fourth-order valence-electron chi connectivity index (χ4n) is 1.60. The van der Waals surface area contributed by atoms with E-state index in [-0.39, 0.29) is 0 Å². The zero-order valence-corrected chi connectivity index (χ0v) is 7.71. The number of nitrogens with zero attached hydrogens (tertiary/aromatic N) is 1. The highest BCUT2D eigenvalue weighted by Crippen LogP contribution is 2.43. The summed E-state index contributed by atoms with van der Waals surface area (Å²) in [6, 6.07) is 5.78. The predicted molar refractivity (Wildman–Crippen MR) is 51.0 cm³/mol. The quantitative estimate of drug-likeness (QED) is 0.694. The molecule has 0 atom stereocenters. The lowest BCUT2D eigenvalue weighted by Gasteiger charge is -1.90. The van der Waals surface area contributed by atoms with Crippen LogP contribution in [0, 0.1) is 0 Å². The Kier molecular flexibility index (Phi) is 1.41. The second-order valence-electron chi connectivity index (χ2n) is 3.46. The number of rotatable bonds is 1. The first kappa shape index (κ1) is 7.39. The lowest BCUT2D eigenvalue weighted by molar-refractivity contribution is 0.446. The third-order valence-electron chi connectivity index (χ3n) is 2.44. The summed E-state index contributed by atoms with van der Waals surface area (Å²) in [5, 5.41) is 5.79. The largest absolute Gasteiger partial charge is 0.354 e. The normalized spacial score (nSPS) is 16.7. The second kappa shape index (κ2) is 2.48. The number of hydrogen-bond donors (Lipinski definition) is 0. The van der Waals surface area contributed by atoms with E-state index in [1.165, 1.54) is 12.8 Å². The van der Waals surface area contributed by atoms with E-state index in [1.807, 2.05) is 18.2 Å². The van der Waals surface area contributed by atoms with Gasteiger partial charge >= 0.3 is 0 Å². The van der Waals surface area contributed by atoms with Gasteiger partial charge in [0.05, 0.1) is 10.7 Å². The summed E-state index contributed by atoms with van der Waals surface area (Å²) >= 11 is 5.96. The number of benzene rings is 1. The average molecular weight is 194 g/mol. The summed E-state index contributed by atoms with van der Waals surface area (Å²) < 4.78 is 5.20. The summed E-state index contributed by atoms with van der Waals surface area (Å²) in [4.78, 5) is 0. The van der Waals surface area contributed by atoms with Crippen LogP contribution in [0.2, 0.25) is 5.02 Å². The zero-order valence-electron chi connectivity index (χ0n) is 6.96. The van der Waals surface area contributed by atoms with Gasteiger partial charge in [-0.1, -0.05) is 22.8 Å². The van der Waals surface area contributed by atoms with Gasteiger partial charge in [0, 0.05) is 11.3 Å². The first-order valence-corrected chi connectivity index (χ1v) is 4.78. The predicted octanol–water partition coefficient (Wildman–Crippen LogP) is 3.36. The molecule has 0 N–H and O–H groups in total. The molecule has 3 rings (SSSR count). The standard InChI is InChI=1S/C10H8ClNO/c11-8-3-1-2-7-9(6-4-5-6)12-13-10(7)8/h1-3,6H,4-5H2. The molecule has 0 spiro atoms. The van der Waals surface area contributed by atoms with E-state index in [2.05, 4.69) is 5.16 Å². The summed E-state index contributed by atoms with van der Waals surface area (Å²) in [7, 11) is 0. The molecule has 0 radical (unpaired) electrons. The van der Waals surface area contributed by atoms with Gasteiger partial charge in [0.1, 0.15) is 0 Å². The summed E-state index contributed by atoms with van der Waals surface area (Å²) in [5.41, 5.74) is 1.81. The maximum absolute atomic E-state index is 5.96. The first-order valence-electron chi connectivity index (χ1n) is 4.40. The fraction of sp³-hybridized carbons (Fsp3) is 0.300. The number of hydrogen-bond acceptors (Lipinski definition) is 2. The molecule has 13 heavy (non-hydrogen) atoms. The second-order valence-corrected chi connectivity index (χ2v) is 3.87. The number of aromatic nitrogens is 1. The van der Waals surface area contributed by atoms with Crippen molar-refractivity contribution in [3.8, 4) is 0 Å². The van der Waals surface area contributed by atoms with Gasteiger partial charge in [-0.05, 0) is 25.0 Å². The topological polar surface area (TPSA) is 26.0 Å². The van der Waals surface area contributed by atoms with Crippen molar-refractivity contribution in [2.75, 3.05) is 0 Å². The van der Waals surface area contributed by atoms with Crippen molar-refractivity contribution in [1.29, 1.82) is 0 Å². The van der Waals surface area contributed by atoms with Gasteiger partial charge in [-0.15, -0.1) is 0 Å². The van der Waals surface area contributed by atoms with Crippen molar-refractivity contribution in [2.24, 2.45) is 0 Å². The Labute approximate surface area is 80.5 Å². The molecule has 0 saturated heterocycles. The third-order valence-corrected chi connectivity index (χ3v) is 2.74. The highest BCUT2D eigenvalue weighted by molar-refractivity contribution is 6.34. The molecule has 0 bridgehead atoms. The van der Waals surface area contributed by atoms with Crippen LogP contribution in [-0.4, -0.2) is 5.16 Å². The van der Waals surface area contributed by atoms with Crippen LogP contribution in [0.4, 0.5) is 0 Å². The van der Waals surface area contributed by atoms with Crippen molar-refractivity contribution in [1.82, 2.24) is 5.16 Å². The minimum Gasteiger partial charge on any atom is -0.354 e. The Morgan fingerprint density at radius 3 is 3.00 bits per heavy atom. The summed E-state index contributed by atoms with van der Waals surface area (Å²) in [5.74, 6) is 0.611. The first-order chi connectivity index (χ1) is 6.36. The molecule has 1 aliphatic rings. The molecule has 3 heteroatoms. The van der Waals surface area contributed by atoms with E-state index < -0.39 is 0 Å².